The molecular formula is C26H45Cl2SiZr. The van der Waals surface area contributed by atoms with Crippen LogP contribution in [0.4, 0.5) is 0 Å². The van der Waals surface area contributed by atoms with Crippen LogP contribution in [-0.2, 0) is 31.7 Å². The molecule has 30 heavy (non-hydrogen) atoms. The zero-order chi connectivity index (χ0) is 24.1. The summed E-state index contributed by atoms with van der Waals surface area (Å²) in [6, 6.07) is 13.6. The van der Waals surface area contributed by atoms with E-state index in [1.807, 2.05) is 0 Å². The van der Waals surface area contributed by atoms with Gasteiger partial charge in [0.05, 0.1) is 0 Å². The molecule has 1 radical (unpaired) electrons. The van der Waals surface area contributed by atoms with E-state index in [1.54, 1.807) is 0 Å². The van der Waals surface area contributed by atoms with Crippen LogP contribution in [0, 0.1) is 0 Å². The van der Waals surface area contributed by atoms with Crippen molar-refractivity contribution in [2.45, 2.75) is 105 Å². The molecule has 0 amide bonds. The van der Waals surface area contributed by atoms with Crippen molar-refractivity contribution in [2.75, 3.05) is 0 Å². The SMILES string of the molecule is CC(C)c1cc(C(C)(C)C)c[cH-]1.CC(C)c1cc(C(C)(C)C)c[cH-]1.C[SiH]C.[Cl][Zr+2][Cl]. The van der Waals surface area contributed by atoms with Crippen LogP contribution in [0.2, 0.25) is 13.1 Å². The summed E-state index contributed by atoms with van der Waals surface area (Å²) in [4.78, 5) is 0. The van der Waals surface area contributed by atoms with E-state index in [0.717, 1.165) is 9.52 Å². The predicted molar refractivity (Wildman–Crippen MR) is 140 cm³/mol. The third kappa shape index (κ3) is 14.4. The summed E-state index contributed by atoms with van der Waals surface area (Å²) in [7, 11) is 10.6. The molecule has 0 aliphatic carbocycles. The molecule has 0 aliphatic rings. The minimum absolute atomic E-state index is 0.299. The van der Waals surface area contributed by atoms with Gasteiger partial charge in [0.2, 0.25) is 0 Å². The van der Waals surface area contributed by atoms with Gasteiger partial charge < -0.3 is 0 Å². The maximum atomic E-state index is 4.93. The quantitative estimate of drug-likeness (QED) is 0.259. The van der Waals surface area contributed by atoms with Crippen LogP contribution < -0.4 is 0 Å². The molecule has 0 N–H and O–H groups in total. The molecule has 2 aromatic carbocycles. The third-order valence-electron chi connectivity index (χ3n) is 4.62. The Morgan fingerprint density at radius 2 is 0.967 bits per heavy atom. The van der Waals surface area contributed by atoms with Crippen molar-refractivity contribution in [3.05, 3.63) is 58.7 Å². The Labute approximate surface area is 209 Å². The molecule has 4 heteroatoms. The molecule has 0 heterocycles. The first-order valence-electron chi connectivity index (χ1n) is 10.9. The molecule has 0 saturated carbocycles. The van der Waals surface area contributed by atoms with Crippen LogP contribution in [0.15, 0.2) is 36.4 Å². The monoisotopic (exact) mass is 545 g/mol. The number of halogens is 2. The number of hydrogen-bond donors (Lipinski definition) is 0. The average molecular weight is 548 g/mol. The molecule has 2 aromatic rings. The third-order valence-corrected chi connectivity index (χ3v) is 4.62. The van der Waals surface area contributed by atoms with E-state index >= 15 is 0 Å². The van der Waals surface area contributed by atoms with Crippen molar-refractivity contribution in [1.82, 2.24) is 0 Å². The van der Waals surface area contributed by atoms with Crippen LogP contribution in [-0.4, -0.2) is 9.52 Å². The Morgan fingerprint density at radius 3 is 1.07 bits per heavy atom. The van der Waals surface area contributed by atoms with Gasteiger partial charge in [-0.2, -0.15) is 46.5 Å². The van der Waals surface area contributed by atoms with Crippen LogP contribution in [0.5, 0.6) is 0 Å². The Hall–Kier alpha value is 0.380. The minimum atomic E-state index is -0.826. The van der Waals surface area contributed by atoms with Gasteiger partial charge in [-0.15, -0.1) is 0 Å². The van der Waals surface area contributed by atoms with Gasteiger partial charge in [0, 0.05) is 9.52 Å². The van der Waals surface area contributed by atoms with Crippen molar-refractivity contribution in [3.8, 4) is 0 Å². The molecule has 0 aromatic heterocycles. The molecule has 0 unspecified atom stereocenters. The zero-order valence-electron chi connectivity index (χ0n) is 21.5. The summed E-state index contributed by atoms with van der Waals surface area (Å²) >= 11 is -0.826. The molecular weight excluding hydrogens is 503 g/mol. The Morgan fingerprint density at radius 1 is 0.733 bits per heavy atom. The molecule has 0 bridgehead atoms. The molecule has 171 valence electrons. The predicted octanol–water partition coefficient (Wildman–Crippen LogP) is 9.55. The van der Waals surface area contributed by atoms with Gasteiger partial charge in [-0.05, 0) is 11.8 Å². The van der Waals surface area contributed by atoms with E-state index in [1.165, 1.54) is 22.3 Å². The molecule has 0 nitrogen and oxygen atoms in total. The van der Waals surface area contributed by atoms with E-state index in [9.17, 15) is 0 Å². The Bertz CT molecular complexity index is 597. The van der Waals surface area contributed by atoms with Gasteiger partial charge in [0.1, 0.15) is 0 Å². The first-order valence-corrected chi connectivity index (χ1v) is 19.5. The summed E-state index contributed by atoms with van der Waals surface area (Å²) in [6.07, 6.45) is 0. The first-order chi connectivity index (χ1) is 13.6. The van der Waals surface area contributed by atoms with Crippen LogP contribution in [0.3, 0.4) is 0 Å². The summed E-state index contributed by atoms with van der Waals surface area (Å²) in [6.45, 7) is 26.9. The van der Waals surface area contributed by atoms with E-state index in [-0.39, 0.29) is 0 Å². The van der Waals surface area contributed by atoms with Gasteiger partial charge >= 0.3 is 37.9 Å². The molecule has 0 fully saturated rings. The van der Waals surface area contributed by atoms with Crippen molar-refractivity contribution in [3.63, 3.8) is 0 Å². The molecule has 2 rings (SSSR count). The zero-order valence-corrected chi connectivity index (χ0v) is 26.6. The first kappa shape index (κ1) is 32.6. The standard InChI is InChI=1S/2C12H19.C2H7Si.2ClH.Zr/c2*1-9(2)10-6-7-11(8-10)12(3,4)5;1-3-2;;;/h2*6-9H,1-5H3;3H,1-2H3;2*1H;/q2*-1;;;;+4/p-2. The van der Waals surface area contributed by atoms with E-state index in [0.29, 0.717) is 22.7 Å². The number of rotatable bonds is 2. The van der Waals surface area contributed by atoms with Gasteiger partial charge in [-0.1, -0.05) is 93.2 Å². The van der Waals surface area contributed by atoms with Crippen LogP contribution >= 0.6 is 17.0 Å². The maximum absolute atomic E-state index is 4.93. The van der Waals surface area contributed by atoms with Crippen molar-refractivity contribution in [1.29, 1.82) is 0 Å². The molecule has 0 saturated heterocycles. The summed E-state index contributed by atoms with van der Waals surface area (Å²) in [5.74, 6) is 1.31. The van der Waals surface area contributed by atoms with Crippen LogP contribution in [0.25, 0.3) is 0 Å². The van der Waals surface area contributed by atoms with Crippen molar-refractivity contribution < 1.29 is 20.8 Å². The van der Waals surface area contributed by atoms with Gasteiger partial charge in [0.15, 0.2) is 0 Å². The molecule has 0 spiro atoms. The summed E-state index contributed by atoms with van der Waals surface area (Å²) in [5, 5.41) is 0. The van der Waals surface area contributed by atoms with Crippen molar-refractivity contribution >= 4 is 26.5 Å². The van der Waals surface area contributed by atoms with Gasteiger partial charge in [-0.3, -0.25) is 0 Å². The normalized spacial score (nSPS) is 10.9. The fraction of sp³-hybridized carbons (Fsp3) is 0.615. The van der Waals surface area contributed by atoms with E-state index in [4.69, 9.17) is 17.0 Å². The second kappa shape index (κ2) is 16.1. The summed E-state index contributed by atoms with van der Waals surface area (Å²) in [5.41, 5.74) is 6.41. The second-order valence-electron chi connectivity index (χ2n) is 10.3. The molecule has 0 aliphatic heterocycles. The summed E-state index contributed by atoms with van der Waals surface area (Å²) < 4.78 is 0. The van der Waals surface area contributed by atoms with Gasteiger partial charge in [-0.25, -0.2) is 12.1 Å². The Kier molecular flexibility index (Phi) is 17.4. The van der Waals surface area contributed by atoms with Crippen LogP contribution in [0.1, 0.15) is 103 Å². The topological polar surface area (TPSA) is 0 Å². The number of hydrogen-bond acceptors (Lipinski definition) is 0. The second-order valence-corrected chi connectivity index (χ2v) is 15.2. The average Bonchev–Trinajstić information content (AvgIpc) is 3.26. The van der Waals surface area contributed by atoms with E-state index < -0.39 is 20.8 Å². The Balaban J connectivity index is 0. The fourth-order valence-electron chi connectivity index (χ4n) is 2.57. The van der Waals surface area contributed by atoms with Crippen molar-refractivity contribution in [2.24, 2.45) is 0 Å². The van der Waals surface area contributed by atoms with Gasteiger partial charge in [0.25, 0.3) is 0 Å². The van der Waals surface area contributed by atoms with E-state index in [2.05, 4.69) is 119 Å². The molecule has 0 atom stereocenters. The fourth-order valence-corrected chi connectivity index (χ4v) is 2.57.